The Morgan fingerprint density at radius 2 is 1.75 bits per heavy atom. The van der Waals surface area contributed by atoms with E-state index in [1.54, 1.807) is 36.5 Å². The fourth-order valence-electron chi connectivity index (χ4n) is 5.57. The van der Waals surface area contributed by atoms with Gasteiger partial charge in [0.25, 0.3) is 0 Å². The summed E-state index contributed by atoms with van der Waals surface area (Å²) in [5.74, 6) is -0.368. The number of halogens is 1. The smallest absolute Gasteiger partial charge is 0.139 e. The van der Waals surface area contributed by atoms with Crippen LogP contribution in [0, 0.1) is 41.5 Å². The van der Waals surface area contributed by atoms with Gasteiger partial charge in [-0.15, -0.1) is 48.0 Å². The number of nitrogens with zero attached hydrogens (tertiary/aromatic N) is 3. The van der Waals surface area contributed by atoms with Crippen LogP contribution in [0.25, 0.3) is 66.4 Å². The molecule has 0 aliphatic carbocycles. The van der Waals surface area contributed by atoms with Crippen molar-refractivity contribution in [3.63, 3.8) is 0 Å². The van der Waals surface area contributed by atoms with Gasteiger partial charge in [0, 0.05) is 61.3 Å². The van der Waals surface area contributed by atoms with E-state index >= 15 is 0 Å². The number of aryl methyl sites for hydroxylation is 1. The number of fused-ring (bicyclic) bond motifs is 6. The van der Waals surface area contributed by atoms with E-state index in [0.29, 0.717) is 50.4 Å². The zero-order chi connectivity index (χ0) is 37.0. The van der Waals surface area contributed by atoms with E-state index in [9.17, 15) is 9.65 Å². The number of para-hydroxylation sites is 1. The molecule has 0 saturated carbocycles. The van der Waals surface area contributed by atoms with Crippen molar-refractivity contribution in [2.45, 2.75) is 34.0 Å². The summed E-state index contributed by atoms with van der Waals surface area (Å²) < 4.78 is 64.1. The van der Waals surface area contributed by atoms with Crippen LogP contribution in [0.5, 0.6) is 0 Å². The van der Waals surface area contributed by atoms with Gasteiger partial charge in [0.1, 0.15) is 28.4 Å². The minimum absolute atomic E-state index is 0. The maximum atomic E-state index is 12.7. The Morgan fingerprint density at radius 3 is 2.48 bits per heavy atom. The Kier molecular flexibility index (Phi) is 7.37. The van der Waals surface area contributed by atoms with Crippen LogP contribution >= 0.6 is 0 Å². The van der Waals surface area contributed by atoms with Crippen molar-refractivity contribution in [3.05, 3.63) is 132 Å². The molecule has 4 aromatic heterocycles. The van der Waals surface area contributed by atoms with Gasteiger partial charge in [0.2, 0.25) is 0 Å². The van der Waals surface area contributed by atoms with Crippen molar-refractivity contribution >= 4 is 43.9 Å². The molecule has 0 spiro atoms. The van der Waals surface area contributed by atoms with E-state index in [4.69, 9.17) is 15.7 Å². The summed E-state index contributed by atoms with van der Waals surface area (Å²) in [6, 6.07) is 32.2. The molecule has 4 aromatic carbocycles. The summed E-state index contributed by atoms with van der Waals surface area (Å²) in [6.45, 7) is 3.48. The average molecular weight is 813 g/mol. The Morgan fingerprint density at radius 1 is 0.896 bits per heavy atom. The predicted molar refractivity (Wildman–Crippen MR) is 184 cm³/mol. The van der Waals surface area contributed by atoms with Crippen molar-refractivity contribution in [2.24, 2.45) is 5.41 Å². The minimum atomic E-state index is -2.15. The summed E-state index contributed by atoms with van der Waals surface area (Å²) in [5, 5.41) is 13.3. The molecule has 0 bridgehead atoms. The largest absolute Gasteiger partial charge is 0.499 e. The third-order valence-corrected chi connectivity index (χ3v) is 7.52. The first-order valence-corrected chi connectivity index (χ1v) is 14.9. The van der Waals surface area contributed by atoms with Gasteiger partial charge in [0.05, 0.1) is 5.58 Å². The number of rotatable bonds is 3. The maximum Gasteiger partial charge on any atom is 0.139 e. The van der Waals surface area contributed by atoms with Crippen LogP contribution in [0.1, 0.15) is 44.3 Å². The average Bonchev–Trinajstić information content (AvgIpc) is 3.69. The van der Waals surface area contributed by atoms with Gasteiger partial charge < -0.3 is 18.8 Å². The SMILES string of the molecule is [2H]C([2H])([2H])c1ccc(-c2[c-]cc(F)cc2)nc1.[2H]C([2H])(c1ccnc(-c2[c-]ccc3c2oc2c(C#N)c4c(cc23)oc2ccccc24)c1)C(C)(C)C.[Ir]. The van der Waals surface area contributed by atoms with Gasteiger partial charge in [-0.2, -0.15) is 5.26 Å². The molecule has 0 aliphatic heterocycles. The zero-order valence-corrected chi connectivity index (χ0v) is 28.5. The van der Waals surface area contributed by atoms with Gasteiger partial charge >= 0.3 is 0 Å². The van der Waals surface area contributed by atoms with Crippen molar-refractivity contribution < 1.29 is 40.2 Å². The normalized spacial score (nSPS) is 13.4. The van der Waals surface area contributed by atoms with Gasteiger partial charge in [-0.1, -0.05) is 73.7 Å². The molecule has 5 nitrogen and oxygen atoms in total. The van der Waals surface area contributed by atoms with Crippen LogP contribution in [-0.2, 0) is 26.5 Å². The Balaban J connectivity index is 0.000000226. The second-order valence-electron chi connectivity index (χ2n) is 12.1. The second kappa shape index (κ2) is 13.2. The van der Waals surface area contributed by atoms with Crippen LogP contribution < -0.4 is 0 Å². The van der Waals surface area contributed by atoms with E-state index in [1.165, 1.54) is 24.4 Å². The van der Waals surface area contributed by atoms with E-state index in [1.807, 2.05) is 57.2 Å². The molecule has 8 rings (SSSR count). The van der Waals surface area contributed by atoms with Gasteiger partial charge in [-0.3, -0.25) is 4.39 Å². The van der Waals surface area contributed by atoms with Crippen LogP contribution in [0.3, 0.4) is 0 Å². The monoisotopic (exact) mass is 813 g/mol. The zero-order valence-electron chi connectivity index (χ0n) is 31.1. The topological polar surface area (TPSA) is 75.8 Å². The first-order chi connectivity index (χ1) is 24.7. The second-order valence-corrected chi connectivity index (χ2v) is 12.1. The fourth-order valence-corrected chi connectivity index (χ4v) is 5.57. The molecular formula is C41H30FIrN3O2-2. The fraction of sp³-hybridized carbons (Fsp3) is 0.146. The quantitative estimate of drug-likeness (QED) is 0.166. The Hall–Kier alpha value is -5.15. The van der Waals surface area contributed by atoms with Crippen LogP contribution in [0.15, 0.2) is 106 Å². The number of aromatic nitrogens is 2. The van der Waals surface area contributed by atoms with E-state index in [-0.39, 0.29) is 31.5 Å². The molecular weight excluding hydrogens is 778 g/mol. The summed E-state index contributed by atoms with van der Waals surface area (Å²) >= 11 is 0. The maximum absolute atomic E-state index is 12.7. The minimum Gasteiger partial charge on any atom is -0.499 e. The molecule has 8 aromatic rings. The molecule has 0 N–H and O–H groups in total. The Bertz CT molecular complexity index is 2660. The van der Waals surface area contributed by atoms with Gasteiger partial charge in [0.15, 0.2) is 0 Å². The summed E-state index contributed by atoms with van der Waals surface area (Å²) in [6.07, 6.45) is 1.36. The summed E-state index contributed by atoms with van der Waals surface area (Å²) in [7, 11) is 0. The van der Waals surface area contributed by atoms with Gasteiger partial charge in [-0.05, 0) is 53.8 Å². The molecule has 4 heterocycles. The molecule has 239 valence electrons. The Labute approximate surface area is 298 Å². The third kappa shape index (κ3) is 6.38. The summed E-state index contributed by atoms with van der Waals surface area (Å²) in [4.78, 5) is 8.54. The van der Waals surface area contributed by atoms with Crippen LogP contribution in [0.4, 0.5) is 4.39 Å². The predicted octanol–water partition coefficient (Wildman–Crippen LogP) is 10.8. The molecule has 0 unspecified atom stereocenters. The van der Waals surface area contributed by atoms with Crippen molar-refractivity contribution in [1.82, 2.24) is 9.97 Å². The van der Waals surface area contributed by atoms with E-state index in [2.05, 4.69) is 28.2 Å². The van der Waals surface area contributed by atoms with Crippen molar-refractivity contribution in [2.75, 3.05) is 0 Å². The number of hydrogen-bond donors (Lipinski definition) is 0. The number of pyridine rings is 2. The third-order valence-electron chi connectivity index (χ3n) is 7.52. The van der Waals surface area contributed by atoms with Crippen molar-refractivity contribution in [3.8, 4) is 28.6 Å². The molecule has 0 aliphatic rings. The van der Waals surface area contributed by atoms with Gasteiger partial charge in [-0.25, -0.2) is 0 Å². The molecule has 7 heteroatoms. The molecule has 0 atom stereocenters. The van der Waals surface area contributed by atoms with Crippen LogP contribution in [0.2, 0.25) is 0 Å². The molecule has 0 saturated heterocycles. The first kappa shape index (κ1) is 26.9. The number of benzene rings is 4. The number of furan rings is 2. The van der Waals surface area contributed by atoms with E-state index < -0.39 is 18.6 Å². The standard InChI is InChI=1S/C29H21N2O2.C12H9FN.Ir/c1-29(2,3)15-17-11-12-31-23(13-17)19-9-6-8-18-21-14-25-26(20-7-4-5-10-24(20)32-25)22(16-30)28(21)33-27(18)19;1-9-2-7-12(14-8-9)10-3-5-11(13)6-4-10;/h4-8,10-14H,15H2,1-3H3;2-3,5-8H,1H3;/q2*-1;/i15D2;1D3;. The van der Waals surface area contributed by atoms with Crippen LogP contribution in [-0.4, -0.2) is 9.97 Å². The van der Waals surface area contributed by atoms with Crippen molar-refractivity contribution in [1.29, 1.82) is 5.26 Å². The van der Waals surface area contributed by atoms with E-state index in [0.717, 1.165) is 27.1 Å². The number of hydrogen-bond acceptors (Lipinski definition) is 5. The molecule has 0 amide bonds. The molecule has 48 heavy (non-hydrogen) atoms. The molecule has 0 fully saturated rings. The first-order valence-electron chi connectivity index (χ1n) is 17.4. The summed E-state index contributed by atoms with van der Waals surface area (Å²) in [5.41, 5.74) is 5.33. The number of nitriles is 1. The molecule has 1 radical (unpaired) electrons.